The molecule has 0 fully saturated rings. The van der Waals surface area contributed by atoms with Gasteiger partial charge in [0.05, 0.1) is 0 Å². The number of unbranched alkanes of at least 4 members (excludes halogenated alkanes) is 9. The summed E-state index contributed by atoms with van der Waals surface area (Å²) in [6.07, 6.45) is 11.8. The highest BCUT2D eigenvalue weighted by Gasteiger charge is 2.12. The van der Waals surface area contributed by atoms with Crippen LogP contribution in [0.1, 0.15) is 83.6 Å². The molecule has 0 radical (unpaired) electrons. The Labute approximate surface area is 164 Å². The van der Waals surface area contributed by atoms with Crippen LogP contribution < -0.4 is 5.43 Å². The minimum absolute atomic E-state index is 0.178. The zero-order valence-corrected chi connectivity index (χ0v) is 17.0. The maximum atomic E-state index is 11.9. The molecular weight excluding hydrogens is 340 g/mol. The minimum atomic E-state index is -0.596. The summed E-state index contributed by atoms with van der Waals surface area (Å²) in [6.45, 7) is 4.40. The van der Waals surface area contributed by atoms with Crippen LogP contribution in [0.5, 0.6) is 0 Å². The molecule has 0 atom stereocenters. The number of rotatable bonds is 13. The number of nitrogens with zero attached hydrogens (tertiary/aromatic N) is 1. The third-order valence-electron chi connectivity index (χ3n) is 4.55. The molecule has 0 unspecified atom stereocenters. The second kappa shape index (κ2) is 15.1. The molecule has 1 aromatic rings. The fourth-order valence-electron chi connectivity index (χ4n) is 2.92. The summed E-state index contributed by atoms with van der Waals surface area (Å²) in [5, 5.41) is 1.35. The number of carbonyl (C=O) groups is 2. The number of ether oxygens (including phenoxy) is 1. The van der Waals surface area contributed by atoms with Gasteiger partial charge in [-0.2, -0.15) is 0 Å². The van der Waals surface area contributed by atoms with Crippen molar-refractivity contribution < 1.29 is 14.3 Å². The van der Waals surface area contributed by atoms with Gasteiger partial charge in [-0.25, -0.2) is 10.2 Å². The highest BCUT2D eigenvalue weighted by Crippen LogP contribution is 2.10. The molecule has 0 aliphatic carbocycles. The van der Waals surface area contributed by atoms with Gasteiger partial charge in [-0.3, -0.25) is 9.80 Å². The molecule has 0 saturated carbocycles. The number of hydrogen-bond acceptors (Lipinski definition) is 3. The van der Waals surface area contributed by atoms with Gasteiger partial charge in [-0.05, 0) is 12.0 Å². The Morgan fingerprint density at radius 3 is 2.00 bits per heavy atom. The van der Waals surface area contributed by atoms with Crippen molar-refractivity contribution in [3.63, 3.8) is 0 Å². The van der Waals surface area contributed by atoms with Crippen molar-refractivity contribution in [3.05, 3.63) is 35.9 Å². The molecule has 27 heavy (non-hydrogen) atoms. The third-order valence-corrected chi connectivity index (χ3v) is 4.55. The first-order valence-electron chi connectivity index (χ1n) is 10.4. The Morgan fingerprint density at radius 1 is 0.889 bits per heavy atom. The van der Waals surface area contributed by atoms with Crippen LogP contribution in [-0.4, -0.2) is 23.6 Å². The van der Waals surface area contributed by atoms with Crippen LogP contribution >= 0.6 is 0 Å². The maximum Gasteiger partial charge on any atom is 0.426 e. The van der Waals surface area contributed by atoms with Crippen LogP contribution in [0, 0.1) is 0 Å². The third kappa shape index (κ3) is 12.1. The predicted octanol–water partition coefficient (Wildman–Crippen LogP) is 5.60. The van der Waals surface area contributed by atoms with Gasteiger partial charge in [0, 0.05) is 13.5 Å². The van der Waals surface area contributed by atoms with Crippen molar-refractivity contribution in [3.8, 4) is 0 Å². The predicted molar refractivity (Wildman–Crippen MR) is 109 cm³/mol. The second-order valence-electron chi connectivity index (χ2n) is 7.03. The molecular formula is C22H36N2O3. The van der Waals surface area contributed by atoms with E-state index in [0.29, 0.717) is 6.54 Å². The van der Waals surface area contributed by atoms with E-state index in [0.717, 1.165) is 18.4 Å². The average Bonchev–Trinajstić information content (AvgIpc) is 2.67. The molecule has 5 nitrogen and oxygen atoms in total. The molecule has 1 rings (SSSR count). The summed E-state index contributed by atoms with van der Waals surface area (Å²) in [5.41, 5.74) is 3.45. The van der Waals surface area contributed by atoms with E-state index in [1.165, 1.54) is 63.3 Å². The SMILES string of the molecule is CCCCCCCCCCCCN(NC(=O)OCc1ccccc1)C(C)=O. The highest BCUT2D eigenvalue weighted by molar-refractivity contribution is 5.77. The Morgan fingerprint density at radius 2 is 1.44 bits per heavy atom. The molecule has 5 heteroatoms. The molecule has 2 amide bonds. The summed E-state index contributed by atoms with van der Waals surface area (Å²) in [7, 11) is 0. The van der Waals surface area contributed by atoms with Gasteiger partial charge < -0.3 is 4.74 Å². The molecule has 0 bridgehead atoms. The lowest BCUT2D eigenvalue weighted by Gasteiger charge is -2.21. The van der Waals surface area contributed by atoms with Crippen molar-refractivity contribution in [2.24, 2.45) is 0 Å². The average molecular weight is 377 g/mol. The van der Waals surface area contributed by atoms with Crippen LogP contribution in [0.4, 0.5) is 4.79 Å². The molecule has 1 aromatic carbocycles. The van der Waals surface area contributed by atoms with Crippen LogP contribution in [0.15, 0.2) is 30.3 Å². The lowest BCUT2D eigenvalue weighted by molar-refractivity contribution is -0.131. The number of nitrogens with one attached hydrogen (secondary N) is 1. The van der Waals surface area contributed by atoms with E-state index in [-0.39, 0.29) is 12.5 Å². The van der Waals surface area contributed by atoms with Gasteiger partial charge in [0.1, 0.15) is 6.61 Å². The number of benzene rings is 1. The highest BCUT2D eigenvalue weighted by atomic mass is 16.6. The second-order valence-corrected chi connectivity index (χ2v) is 7.03. The zero-order valence-electron chi connectivity index (χ0n) is 17.0. The topological polar surface area (TPSA) is 58.6 Å². The lowest BCUT2D eigenvalue weighted by atomic mass is 10.1. The first-order valence-corrected chi connectivity index (χ1v) is 10.4. The number of hydrazine groups is 1. The number of amides is 2. The van der Waals surface area contributed by atoms with E-state index in [2.05, 4.69) is 12.3 Å². The normalized spacial score (nSPS) is 10.4. The molecule has 0 aliphatic heterocycles. The molecule has 0 heterocycles. The van der Waals surface area contributed by atoms with E-state index >= 15 is 0 Å². The van der Waals surface area contributed by atoms with E-state index in [4.69, 9.17) is 4.74 Å². The maximum absolute atomic E-state index is 11.9. The molecule has 0 saturated heterocycles. The summed E-state index contributed by atoms with van der Waals surface area (Å²) in [4.78, 5) is 23.6. The van der Waals surface area contributed by atoms with Crippen molar-refractivity contribution in [2.45, 2.75) is 84.7 Å². The Balaban J connectivity index is 2.11. The zero-order chi connectivity index (χ0) is 19.7. The molecule has 1 N–H and O–H groups in total. The van der Waals surface area contributed by atoms with Gasteiger partial charge in [0.2, 0.25) is 5.91 Å². The molecule has 0 aliphatic rings. The van der Waals surface area contributed by atoms with Gasteiger partial charge >= 0.3 is 6.09 Å². The van der Waals surface area contributed by atoms with Gasteiger partial charge in [0.25, 0.3) is 0 Å². The standard InChI is InChI=1S/C22H36N2O3/c1-3-4-5-6-7-8-9-10-11-15-18-24(20(2)25)23-22(26)27-19-21-16-13-12-14-17-21/h12-14,16-17H,3-11,15,18-19H2,1-2H3,(H,23,26). The quantitative estimate of drug-likeness (QED) is 0.360. The summed E-state index contributed by atoms with van der Waals surface area (Å²) in [5.74, 6) is -0.178. The van der Waals surface area contributed by atoms with Crippen molar-refractivity contribution in [2.75, 3.05) is 6.54 Å². The van der Waals surface area contributed by atoms with Crippen LogP contribution in [-0.2, 0) is 16.1 Å². The smallest absolute Gasteiger partial charge is 0.426 e. The lowest BCUT2D eigenvalue weighted by Crippen LogP contribution is -2.45. The summed E-state index contributed by atoms with van der Waals surface area (Å²) >= 11 is 0. The molecule has 152 valence electrons. The van der Waals surface area contributed by atoms with Gasteiger partial charge in [0.15, 0.2) is 0 Å². The van der Waals surface area contributed by atoms with E-state index in [9.17, 15) is 9.59 Å². The summed E-state index contributed by atoms with van der Waals surface area (Å²) < 4.78 is 5.16. The Hall–Kier alpha value is -2.04. The summed E-state index contributed by atoms with van der Waals surface area (Å²) in [6, 6.07) is 9.47. The van der Waals surface area contributed by atoms with E-state index in [1.54, 1.807) is 0 Å². The Bertz CT molecular complexity index is 520. The van der Waals surface area contributed by atoms with E-state index in [1.807, 2.05) is 30.3 Å². The van der Waals surface area contributed by atoms with Crippen molar-refractivity contribution in [1.29, 1.82) is 0 Å². The van der Waals surface area contributed by atoms with Gasteiger partial charge in [-0.15, -0.1) is 0 Å². The first-order chi connectivity index (χ1) is 13.1. The molecule has 0 spiro atoms. The van der Waals surface area contributed by atoms with Gasteiger partial charge in [-0.1, -0.05) is 95.0 Å². The van der Waals surface area contributed by atoms with Crippen LogP contribution in [0.3, 0.4) is 0 Å². The van der Waals surface area contributed by atoms with E-state index < -0.39 is 6.09 Å². The fraction of sp³-hybridized carbons (Fsp3) is 0.636. The molecule has 0 aromatic heterocycles. The fourth-order valence-corrected chi connectivity index (χ4v) is 2.92. The monoisotopic (exact) mass is 376 g/mol. The van der Waals surface area contributed by atoms with Crippen LogP contribution in [0.25, 0.3) is 0 Å². The minimum Gasteiger partial charge on any atom is -0.443 e. The van der Waals surface area contributed by atoms with Crippen molar-refractivity contribution in [1.82, 2.24) is 10.4 Å². The van der Waals surface area contributed by atoms with Crippen LogP contribution in [0.2, 0.25) is 0 Å². The number of hydrogen-bond donors (Lipinski definition) is 1. The Kier molecular flexibility index (Phi) is 12.8. The first kappa shape index (κ1) is 23.0. The number of carbonyl (C=O) groups excluding carboxylic acids is 2. The van der Waals surface area contributed by atoms with Crippen molar-refractivity contribution >= 4 is 12.0 Å². The largest absolute Gasteiger partial charge is 0.443 e.